The Morgan fingerprint density at radius 2 is 2.29 bits per heavy atom. The first-order chi connectivity index (χ1) is 6.78. The van der Waals surface area contributed by atoms with Gasteiger partial charge in [-0.2, -0.15) is 4.98 Å². The summed E-state index contributed by atoms with van der Waals surface area (Å²) in [4.78, 5) is 4.04. The van der Waals surface area contributed by atoms with E-state index < -0.39 is 0 Å². The van der Waals surface area contributed by atoms with Crippen molar-refractivity contribution >= 4 is 5.95 Å². The van der Waals surface area contributed by atoms with Crippen LogP contribution in [-0.2, 0) is 6.42 Å². The molecule has 5 nitrogen and oxygen atoms in total. The Bertz CT molecular complexity index is 333. The van der Waals surface area contributed by atoms with E-state index >= 15 is 0 Å². The quantitative estimate of drug-likeness (QED) is 0.596. The fraction of sp³-hybridized carbons (Fsp3) is 0.556. The molecule has 0 fully saturated rings. The van der Waals surface area contributed by atoms with E-state index in [1.54, 1.807) is 0 Å². The topological polar surface area (TPSA) is 87.8 Å². The van der Waals surface area contributed by atoms with Crippen molar-refractivity contribution in [1.82, 2.24) is 15.2 Å². The van der Waals surface area contributed by atoms with Crippen LogP contribution in [0.4, 0.5) is 5.95 Å². The van der Waals surface area contributed by atoms with Crippen molar-refractivity contribution in [2.24, 2.45) is 11.8 Å². The number of nitrogen functional groups attached to an aromatic ring is 1. The Kier molecular flexibility index (Phi) is 2.49. The molecule has 0 saturated heterocycles. The predicted octanol–water partition coefficient (Wildman–Crippen LogP) is 0.114. The number of nitrogens with two attached hydrogens (primary N) is 1. The van der Waals surface area contributed by atoms with Crippen LogP contribution in [0.15, 0.2) is 12.2 Å². The van der Waals surface area contributed by atoms with Crippen LogP contribution in [-0.4, -0.2) is 26.9 Å². The van der Waals surface area contributed by atoms with E-state index in [-0.39, 0.29) is 6.61 Å². The summed E-state index contributed by atoms with van der Waals surface area (Å²) in [7, 11) is 0. The molecular formula is C9H14N4O. The van der Waals surface area contributed by atoms with Crippen LogP contribution in [0, 0.1) is 11.8 Å². The average molecular weight is 194 g/mol. The Hall–Kier alpha value is -1.36. The highest BCUT2D eigenvalue weighted by molar-refractivity contribution is 5.14. The molecule has 1 aliphatic rings. The first-order valence-electron chi connectivity index (χ1n) is 4.74. The van der Waals surface area contributed by atoms with Gasteiger partial charge in [-0.05, 0) is 12.3 Å². The Labute approximate surface area is 82.0 Å². The lowest BCUT2D eigenvalue weighted by Crippen LogP contribution is -2.05. The van der Waals surface area contributed by atoms with Gasteiger partial charge in [-0.1, -0.05) is 12.2 Å². The molecule has 14 heavy (non-hydrogen) atoms. The summed E-state index contributed by atoms with van der Waals surface area (Å²) in [6.45, 7) is 0.228. The van der Waals surface area contributed by atoms with Gasteiger partial charge < -0.3 is 10.8 Å². The maximum atomic E-state index is 8.95. The molecule has 1 aromatic rings. The molecule has 0 spiro atoms. The van der Waals surface area contributed by atoms with Crippen LogP contribution in [0.2, 0.25) is 0 Å². The van der Waals surface area contributed by atoms with Gasteiger partial charge in [-0.3, -0.25) is 5.10 Å². The van der Waals surface area contributed by atoms with Gasteiger partial charge in [0.15, 0.2) is 0 Å². The minimum Gasteiger partial charge on any atom is -0.396 e. The molecule has 0 aliphatic heterocycles. The number of anilines is 1. The van der Waals surface area contributed by atoms with Gasteiger partial charge in [0.1, 0.15) is 5.82 Å². The van der Waals surface area contributed by atoms with Gasteiger partial charge in [0.2, 0.25) is 5.95 Å². The molecule has 1 heterocycles. The number of hydrogen-bond acceptors (Lipinski definition) is 4. The van der Waals surface area contributed by atoms with Gasteiger partial charge in [-0.15, -0.1) is 5.10 Å². The number of nitrogens with zero attached hydrogens (tertiary/aromatic N) is 2. The number of hydrogen-bond donors (Lipinski definition) is 3. The second-order valence-electron chi connectivity index (χ2n) is 3.67. The number of nitrogens with one attached hydrogen (secondary N) is 1. The van der Waals surface area contributed by atoms with E-state index in [2.05, 4.69) is 27.3 Å². The Morgan fingerprint density at radius 3 is 2.86 bits per heavy atom. The van der Waals surface area contributed by atoms with E-state index in [0.717, 1.165) is 18.7 Å². The van der Waals surface area contributed by atoms with Gasteiger partial charge in [0.05, 0.1) is 0 Å². The van der Waals surface area contributed by atoms with Crippen LogP contribution in [0.5, 0.6) is 0 Å². The zero-order valence-electron chi connectivity index (χ0n) is 7.85. The monoisotopic (exact) mass is 194 g/mol. The largest absolute Gasteiger partial charge is 0.396 e. The van der Waals surface area contributed by atoms with E-state index in [0.29, 0.717) is 17.8 Å². The molecule has 0 bridgehead atoms. The summed E-state index contributed by atoms with van der Waals surface area (Å²) < 4.78 is 0. The van der Waals surface area contributed by atoms with Crippen LogP contribution >= 0.6 is 0 Å². The van der Waals surface area contributed by atoms with E-state index in [4.69, 9.17) is 10.8 Å². The van der Waals surface area contributed by atoms with Crippen molar-refractivity contribution in [3.8, 4) is 0 Å². The summed E-state index contributed by atoms with van der Waals surface area (Å²) in [5.74, 6) is 1.86. The van der Waals surface area contributed by atoms with Crippen molar-refractivity contribution in [2.75, 3.05) is 12.3 Å². The van der Waals surface area contributed by atoms with Gasteiger partial charge in [0.25, 0.3) is 0 Å². The fourth-order valence-corrected chi connectivity index (χ4v) is 1.80. The minimum absolute atomic E-state index is 0.228. The zero-order valence-corrected chi connectivity index (χ0v) is 7.85. The number of aromatic nitrogens is 3. The van der Waals surface area contributed by atoms with Crippen LogP contribution in [0.3, 0.4) is 0 Å². The molecule has 2 rings (SSSR count). The molecule has 0 aromatic carbocycles. The number of rotatable bonds is 3. The molecule has 2 atom stereocenters. The standard InChI is InChI=1S/C9H14N4O/c10-9-11-8(12-13-9)4-6-1-2-7(3-6)5-14/h1-2,6-7,14H,3-5H2,(H3,10,11,12,13)/t6-,7+/m1/s1. The highest BCUT2D eigenvalue weighted by Crippen LogP contribution is 2.25. The number of aliphatic hydroxyl groups is 1. The summed E-state index contributed by atoms with van der Waals surface area (Å²) in [5, 5.41) is 15.5. The van der Waals surface area contributed by atoms with Crippen molar-refractivity contribution < 1.29 is 5.11 Å². The lowest BCUT2D eigenvalue weighted by molar-refractivity contribution is 0.244. The third kappa shape index (κ3) is 1.93. The highest BCUT2D eigenvalue weighted by atomic mass is 16.3. The molecule has 5 heteroatoms. The lowest BCUT2D eigenvalue weighted by Gasteiger charge is -2.07. The van der Waals surface area contributed by atoms with E-state index in [1.165, 1.54) is 0 Å². The Balaban J connectivity index is 1.91. The van der Waals surface area contributed by atoms with Crippen LogP contribution in [0.25, 0.3) is 0 Å². The third-order valence-corrected chi connectivity index (χ3v) is 2.50. The molecule has 0 amide bonds. The van der Waals surface area contributed by atoms with E-state index in [1.807, 2.05) is 0 Å². The number of H-pyrrole nitrogens is 1. The van der Waals surface area contributed by atoms with Crippen molar-refractivity contribution in [1.29, 1.82) is 0 Å². The molecule has 76 valence electrons. The second kappa shape index (κ2) is 3.79. The molecule has 0 unspecified atom stereocenters. The first-order valence-corrected chi connectivity index (χ1v) is 4.74. The molecule has 4 N–H and O–H groups in total. The third-order valence-electron chi connectivity index (χ3n) is 2.50. The maximum Gasteiger partial charge on any atom is 0.239 e. The van der Waals surface area contributed by atoms with Crippen LogP contribution < -0.4 is 5.73 Å². The Morgan fingerprint density at radius 1 is 1.50 bits per heavy atom. The van der Waals surface area contributed by atoms with Crippen molar-refractivity contribution in [3.05, 3.63) is 18.0 Å². The zero-order chi connectivity index (χ0) is 9.97. The molecule has 0 radical (unpaired) electrons. The smallest absolute Gasteiger partial charge is 0.239 e. The first kappa shape index (κ1) is 9.21. The summed E-state index contributed by atoms with van der Waals surface area (Å²) in [6, 6.07) is 0. The minimum atomic E-state index is 0.228. The van der Waals surface area contributed by atoms with Crippen LogP contribution in [0.1, 0.15) is 12.2 Å². The molecule has 0 saturated carbocycles. The van der Waals surface area contributed by atoms with Gasteiger partial charge in [0, 0.05) is 18.9 Å². The molecular weight excluding hydrogens is 180 g/mol. The predicted molar refractivity (Wildman–Crippen MR) is 52.3 cm³/mol. The lowest BCUT2D eigenvalue weighted by atomic mass is 10.0. The SMILES string of the molecule is Nc1n[nH]c(C[C@@H]2C=C[C@H](CO)C2)n1. The maximum absolute atomic E-state index is 8.95. The normalized spacial score (nSPS) is 25.8. The summed E-state index contributed by atoms with van der Waals surface area (Å²) in [6.07, 6.45) is 5.98. The van der Waals surface area contributed by atoms with Crippen molar-refractivity contribution in [3.63, 3.8) is 0 Å². The summed E-state index contributed by atoms with van der Waals surface area (Å²) >= 11 is 0. The molecule has 1 aliphatic carbocycles. The highest BCUT2D eigenvalue weighted by Gasteiger charge is 2.19. The number of aliphatic hydroxyl groups excluding tert-OH is 1. The number of aromatic amines is 1. The fourth-order valence-electron chi connectivity index (χ4n) is 1.80. The average Bonchev–Trinajstić information content (AvgIpc) is 2.76. The van der Waals surface area contributed by atoms with Crippen molar-refractivity contribution in [2.45, 2.75) is 12.8 Å². The number of allylic oxidation sites excluding steroid dienone is 1. The van der Waals surface area contributed by atoms with E-state index in [9.17, 15) is 0 Å². The summed E-state index contributed by atoms with van der Waals surface area (Å²) in [5.41, 5.74) is 5.39. The molecule has 1 aromatic heterocycles. The van der Waals surface area contributed by atoms with Gasteiger partial charge >= 0.3 is 0 Å². The van der Waals surface area contributed by atoms with Gasteiger partial charge in [-0.25, -0.2) is 0 Å². The second-order valence-corrected chi connectivity index (χ2v) is 3.67.